The summed E-state index contributed by atoms with van der Waals surface area (Å²) in [7, 11) is 0. The molecule has 2 aromatic carbocycles. The van der Waals surface area contributed by atoms with Crippen LogP contribution in [-0.2, 0) is 6.42 Å². The summed E-state index contributed by atoms with van der Waals surface area (Å²) in [5.41, 5.74) is 2.63. The quantitative estimate of drug-likeness (QED) is 0.590. The second-order valence-corrected chi connectivity index (χ2v) is 6.97. The summed E-state index contributed by atoms with van der Waals surface area (Å²) in [6.45, 7) is 0.719. The van der Waals surface area contributed by atoms with E-state index < -0.39 is 11.6 Å². The van der Waals surface area contributed by atoms with Crippen LogP contribution in [0.25, 0.3) is 5.69 Å². The minimum atomic E-state index is -0.405. The van der Waals surface area contributed by atoms with Gasteiger partial charge in [-0.15, -0.1) is 0 Å². The van der Waals surface area contributed by atoms with Crippen molar-refractivity contribution in [3.63, 3.8) is 0 Å². The zero-order valence-electron chi connectivity index (χ0n) is 13.7. The van der Waals surface area contributed by atoms with Gasteiger partial charge in [0, 0.05) is 11.6 Å². The molecule has 2 heterocycles. The van der Waals surface area contributed by atoms with Gasteiger partial charge < -0.3 is 10.4 Å². The highest BCUT2D eigenvalue weighted by atomic mass is 35.5. The van der Waals surface area contributed by atoms with Crippen LogP contribution >= 0.6 is 23.8 Å². The molecule has 132 valence electrons. The van der Waals surface area contributed by atoms with Crippen molar-refractivity contribution in [2.75, 3.05) is 6.54 Å². The summed E-state index contributed by atoms with van der Waals surface area (Å²) in [5.74, 6) is -0.171. The third-order valence-electron chi connectivity index (χ3n) is 4.60. The fourth-order valence-corrected chi connectivity index (χ4v) is 3.80. The Kier molecular flexibility index (Phi) is 4.40. The van der Waals surface area contributed by atoms with Crippen LogP contribution in [0.5, 0.6) is 5.88 Å². The van der Waals surface area contributed by atoms with Crippen molar-refractivity contribution in [2.24, 2.45) is 0 Å². The molecular formula is C19H16ClN3O2S. The lowest BCUT2D eigenvalue weighted by Gasteiger charge is -2.27. The molecule has 0 fully saturated rings. The summed E-state index contributed by atoms with van der Waals surface area (Å²) in [6.07, 6.45) is 0.877. The highest BCUT2D eigenvalue weighted by Crippen LogP contribution is 2.32. The van der Waals surface area contributed by atoms with Crippen molar-refractivity contribution >= 4 is 23.8 Å². The molecule has 0 saturated carbocycles. The Labute approximate surface area is 159 Å². The lowest BCUT2D eigenvalue weighted by molar-refractivity contribution is 0.413. The lowest BCUT2D eigenvalue weighted by atomic mass is 9.90. The van der Waals surface area contributed by atoms with Crippen LogP contribution in [0.1, 0.15) is 22.7 Å². The molecule has 0 bridgehead atoms. The van der Waals surface area contributed by atoms with Crippen LogP contribution in [0.4, 0.5) is 0 Å². The number of fused-ring (bicyclic) bond motifs is 1. The van der Waals surface area contributed by atoms with Crippen molar-refractivity contribution in [3.8, 4) is 11.6 Å². The molecule has 26 heavy (non-hydrogen) atoms. The monoisotopic (exact) mass is 385 g/mol. The number of nitrogens with zero attached hydrogens (tertiary/aromatic N) is 1. The number of benzene rings is 2. The second-order valence-electron chi connectivity index (χ2n) is 6.14. The number of hydrogen-bond acceptors (Lipinski definition) is 4. The fourth-order valence-electron chi connectivity index (χ4n) is 3.39. The van der Waals surface area contributed by atoms with E-state index in [4.69, 9.17) is 23.8 Å². The molecule has 5 nitrogen and oxygen atoms in total. The number of aromatic amines is 1. The van der Waals surface area contributed by atoms with Crippen LogP contribution in [0.3, 0.4) is 0 Å². The van der Waals surface area contributed by atoms with Crippen LogP contribution in [-0.4, -0.2) is 21.2 Å². The van der Waals surface area contributed by atoms with E-state index in [1.807, 2.05) is 24.3 Å². The molecule has 0 aliphatic carbocycles. The van der Waals surface area contributed by atoms with Gasteiger partial charge in [-0.2, -0.15) is 0 Å². The maximum atomic E-state index is 12.7. The molecular weight excluding hydrogens is 370 g/mol. The third kappa shape index (κ3) is 2.86. The Bertz CT molecular complexity index is 1090. The maximum Gasteiger partial charge on any atom is 0.260 e. The van der Waals surface area contributed by atoms with E-state index in [1.165, 1.54) is 4.57 Å². The van der Waals surface area contributed by atoms with Gasteiger partial charge in [-0.3, -0.25) is 14.3 Å². The zero-order valence-corrected chi connectivity index (χ0v) is 15.3. The number of aromatic hydroxyl groups is 1. The van der Waals surface area contributed by atoms with E-state index in [0.29, 0.717) is 10.7 Å². The molecule has 0 amide bonds. The smallest absolute Gasteiger partial charge is 0.260 e. The molecule has 3 aromatic rings. The SMILES string of the molecule is O=c1[nH]c(=S)n(-c2ccc(Cl)cc2)c(O)c1[C@H]1NCCc2ccccc21. The van der Waals surface area contributed by atoms with E-state index in [1.54, 1.807) is 24.3 Å². The fraction of sp³-hybridized carbons (Fsp3) is 0.158. The van der Waals surface area contributed by atoms with Crippen LogP contribution in [0, 0.1) is 4.77 Å². The molecule has 1 aliphatic heterocycles. The van der Waals surface area contributed by atoms with Crippen molar-refractivity contribution in [2.45, 2.75) is 12.5 Å². The second kappa shape index (κ2) is 6.72. The number of H-pyrrole nitrogens is 1. The number of halogens is 1. The average Bonchev–Trinajstić information content (AvgIpc) is 2.63. The first-order chi connectivity index (χ1) is 12.6. The number of hydrogen-bond donors (Lipinski definition) is 3. The van der Waals surface area contributed by atoms with E-state index >= 15 is 0 Å². The van der Waals surface area contributed by atoms with Gasteiger partial charge in [-0.1, -0.05) is 35.9 Å². The normalized spacial score (nSPS) is 16.3. The Morgan fingerprint density at radius 1 is 1.15 bits per heavy atom. The minimum Gasteiger partial charge on any atom is -0.494 e. The molecule has 1 atom stereocenters. The van der Waals surface area contributed by atoms with Gasteiger partial charge in [0.05, 0.1) is 17.3 Å². The van der Waals surface area contributed by atoms with Crippen LogP contribution in [0.15, 0.2) is 53.3 Å². The predicted octanol–water partition coefficient (Wildman–Crippen LogP) is 3.49. The standard InChI is InChI=1S/C19H16ClN3O2S/c20-12-5-7-13(8-6-12)23-18(25)15(17(24)22-19(23)26)16-14-4-2-1-3-11(14)9-10-21-16/h1-8,16,21,25H,9-10H2,(H,22,24,26)/t16-/m0/s1. The van der Waals surface area contributed by atoms with E-state index in [-0.39, 0.29) is 16.2 Å². The van der Waals surface area contributed by atoms with Gasteiger partial charge in [0.15, 0.2) is 4.77 Å². The van der Waals surface area contributed by atoms with Gasteiger partial charge in [0.1, 0.15) is 0 Å². The first kappa shape index (κ1) is 17.0. The van der Waals surface area contributed by atoms with Gasteiger partial charge in [0.2, 0.25) is 5.88 Å². The number of aromatic nitrogens is 2. The number of rotatable bonds is 2. The molecule has 7 heteroatoms. The molecule has 0 unspecified atom stereocenters. The Balaban J connectivity index is 1.94. The first-order valence-corrected chi connectivity index (χ1v) is 9.00. The highest BCUT2D eigenvalue weighted by Gasteiger charge is 2.28. The van der Waals surface area contributed by atoms with Crippen molar-refractivity contribution in [3.05, 3.63) is 85.4 Å². The number of nitrogens with one attached hydrogen (secondary N) is 2. The average molecular weight is 386 g/mol. The van der Waals surface area contributed by atoms with E-state index in [9.17, 15) is 9.90 Å². The summed E-state index contributed by atoms with van der Waals surface area (Å²) < 4.78 is 1.57. The highest BCUT2D eigenvalue weighted by molar-refractivity contribution is 7.71. The third-order valence-corrected chi connectivity index (χ3v) is 5.14. The van der Waals surface area contributed by atoms with E-state index in [2.05, 4.69) is 10.3 Å². The van der Waals surface area contributed by atoms with Crippen molar-refractivity contribution < 1.29 is 5.11 Å². The Hall–Kier alpha value is -2.41. The van der Waals surface area contributed by atoms with Gasteiger partial charge in [-0.25, -0.2) is 0 Å². The van der Waals surface area contributed by atoms with E-state index in [0.717, 1.165) is 24.1 Å². The molecule has 0 radical (unpaired) electrons. The zero-order chi connectivity index (χ0) is 18.3. The van der Waals surface area contributed by atoms with Gasteiger partial charge in [0.25, 0.3) is 5.56 Å². The molecule has 1 aromatic heterocycles. The molecule has 0 saturated heterocycles. The lowest BCUT2D eigenvalue weighted by Crippen LogP contribution is -2.35. The maximum absolute atomic E-state index is 12.7. The summed E-state index contributed by atoms with van der Waals surface area (Å²) in [5, 5.41) is 14.9. The van der Waals surface area contributed by atoms with Crippen LogP contribution in [0.2, 0.25) is 5.02 Å². The summed E-state index contributed by atoms with van der Waals surface area (Å²) in [4.78, 5) is 15.3. The first-order valence-electron chi connectivity index (χ1n) is 8.21. The van der Waals surface area contributed by atoms with Crippen molar-refractivity contribution in [1.82, 2.24) is 14.9 Å². The molecule has 4 rings (SSSR count). The molecule has 3 N–H and O–H groups in total. The van der Waals surface area contributed by atoms with Crippen LogP contribution < -0.4 is 10.9 Å². The van der Waals surface area contributed by atoms with Gasteiger partial charge >= 0.3 is 0 Å². The largest absolute Gasteiger partial charge is 0.494 e. The topological polar surface area (TPSA) is 70.0 Å². The molecule has 0 spiro atoms. The summed E-state index contributed by atoms with van der Waals surface area (Å²) >= 11 is 11.2. The Morgan fingerprint density at radius 3 is 2.65 bits per heavy atom. The predicted molar refractivity (Wildman–Crippen MR) is 104 cm³/mol. The minimum absolute atomic E-state index is 0.127. The molecule has 1 aliphatic rings. The van der Waals surface area contributed by atoms with Crippen molar-refractivity contribution in [1.29, 1.82) is 0 Å². The van der Waals surface area contributed by atoms with Gasteiger partial charge in [-0.05, 0) is 54.0 Å². The Morgan fingerprint density at radius 2 is 1.88 bits per heavy atom. The summed E-state index contributed by atoms with van der Waals surface area (Å²) in [6, 6.07) is 14.4.